The van der Waals surface area contributed by atoms with Crippen LogP contribution < -0.4 is 10.1 Å². The SMILES string of the molecule is CCOC(=O)Nc1cccc(-c2c(C#N)c3ccc(OCC)cc3n2CC)c1. The van der Waals surface area contributed by atoms with E-state index in [1.54, 1.807) is 13.0 Å². The maximum Gasteiger partial charge on any atom is 0.411 e. The molecule has 0 unspecified atom stereocenters. The largest absolute Gasteiger partial charge is 0.494 e. The van der Waals surface area contributed by atoms with E-state index in [1.165, 1.54) is 0 Å². The summed E-state index contributed by atoms with van der Waals surface area (Å²) in [6.07, 6.45) is -0.502. The molecule has 6 nitrogen and oxygen atoms in total. The van der Waals surface area contributed by atoms with E-state index < -0.39 is 6.09 Å². The Kier molecular flexibility index (Phi) is 5.85. The number of hydrogen-bond acceptors (Lipinski definition) is 4. The van der Waals surface area contributed by atoms with Crippen molar-refractivity contribution in [3.63, 3.8) is 0 Å². The van der Waals surface area contributed by atoms with E-state index in [0.717, 1.165) is 27.9 Å². The van der Waals surface area contributed by atoms with Gasteiger partial charge in [0.25, 0.3) is 0 Å². The number of anilines is 1. The Labute approximate surface area is 164 Å². The van der Waals surface area contributed by atoms with Gasteiger partial charge in [0.2, 0.25) is 0 Å². The van der Waals surface area contributed by atoms with E-state index in [4.69, 9.17) is 9.47 Å². The van der Waals surface area contributed by atoms with Gasteiger partial charge in [-0.3, -0.25) is 5.32 Å². The van der Waals surface area contributed by atoms with Crippen molar-refractivity contribution in [2.45, 2.75) is 27.3 Å². The zero-order chi connectivity index (χ0) is 20.1. The Morgan fingerprint density at radius 2 is 1.96 bits per heavy atom. The number of ether oxygens (including phenoxy) is 2. The van der Waals surface area contributed by atoms with Crippen LogP contribution in [0, 0.1) is 11.3 Å². The Balaban J connectivity index is 2.14. The summed E-state index contributed by atoms with van der Waals surface area (Å²) in [5.41, 5.74) is 3.84. The molecule has 6 heteroatoms. The number of carbonyl (C=O) groups excluding carboxylic acids is 1. The molecule has 0 saturated heterocycles. The highest BCUT2D eigenvalue weighted by Gasteiger charge is 2.19. The van der Waals surface area contributed by atoms with Crippen LogP contribution >= 0.6 is 0 Å². The van der Waals surface area contributed by atoms with E-state index in [0.29, 0.717) is 31.0 Å². The van der Waals surface area contributed by atoms with Gasteiger partial charge in [-0.15, -0.1) is 0 Å². The smallest absolute Gasteiger partial charge is 0.411 e. The van der Waals surface area contributed by atoms with Gasteiger partial charge in [-0.05, 0) is 45.0 Å². The molecule has 1 amide bonds. The minimum absolute atomic E-state index is 0.302. The first kappa shape index (κ1) is 19.3. The van der Waals surface area contributed by atoms with Crippen LogP contribution in [0.1, 0.15) is 26.3 Å². The van der Waals surface area contributed by atoms with Crippen LogP contribution in [0.4, 0.5) is 10.5 Å². The number of benzene rings is 2. The number of nitrogens with zero attached hydrogens (tertiary/aromatic N) is 2. The van der Waals surface area contributed by atoms with Gasteiger partial charge in [0.05, 0.1) is 30.0 Å². The van der Waals surface area contributed by atoms with Gasteiger partial charge in [-0.1, -0.05) is 12.1 Å². The summed E-state index contributed by atoms with van der Waals surface area (Å²) in [7, 11) is 0. The van der Waals surface area contributed by atoms with Gasteiger partial charge in [-0.2, -0.15) is 5.26 Å². The molecule has 1 N–H and O–H groups in total. The predicted molar refractivity (Wildman–Crippen MR) is 110 cm³/mol. The van der Waals surface area contributed by atoms with Gasteiger partial charge in [0, 0.05) is 29.2 Å². The van der Waals surface area contributed by atoms with Crippen molar-refractivity contribution < 1.29 is 14.3 Å². The number of aryl methyl sites for hydroxylation is 1. The fraction of sp³-hybridized carbons (Fsp3) is 0.273. The summed E-state index contributed by atoms with van der Waals surface area (Å²) in [5.74, 6) is 0.774. The van der Waals surface area contributed by atoms with Crippen LogP contribution in [-0.2, 0) is 11.3 Å². The molecule has 144 valence electrons. The van der Waals surface area contributed by atoms with E-state index >= 15 is 0 Å². The Morgan fingerprint density at radius 3 is 2.64 bits per heavy atom. The van der Waals surface area contributed by atoms with E-state index in [-0.39, 0.29) is 0 Å². The first-order chi connectivity index (χ1) is 13.6. The lowest BCUT2D eigenvalue weighted by molar-refractivity contribution is 0.168. The molecular weight excluding hydrogens is 354 g/mol. The quantitative estimate of drug-likeness (QED) is 0.643. The highest BCUT2D eigenvalue weighted by atomic mass is 16.5. The molecule has 0 aliphatic rings. The molecule has 1 aromatic heterocycles. The first-order valence-electron chi connectivity index (χ1n) is 9.36. The molecule has 0 saturated carbocycles. The maximum atomic E-state index is 11.7. The Morgan fingerprint density at radius 1 is 1.14 bits per heavy atom. The van der Waals surface area contributed by atoms with Gasteiger partial charge in [0.15, 0.2) is 0 Å². The van der Waals surface area contributed by atoms with Gasteiger partial charge in [0.1, 0.15) is 11.8 Å². The summed E-state index contributed by atoms with van der Waals surface area (Å²) >= 11 is 0. The zero-order valence-electron chi connectivity index (χ0n) is 16.3. The molecule has 0 spiro atoms. The highest BCUT2D eigenvalue weighted by molar-refractivity contribution is 5.96. The first-order valence-corrected chi connectivity index (χ1v) is 9.36. The van der Waals surface area contributed by atoms with Crippen molar-refractivity contribution in [1.29, 1.82) is 5.26 Å². The summed E-state index contributed by atoms with van der Waals surface area (Å²) in [6, 6.07) is 15.5. The minimum atomic E-state index is -0.502. The summed E-state index contributed by atoms with van der Waals surface area (Å²) in [5, 5.41) is 13.5. The van der Waals surface area contributed by atoms with Crippen LogP contribution in [0.5, 0.6) is 5.75 Å². The molecule has 3 aromatic rings. The van der Waals surface area contributed by atoms with Crippen LogP contribution in [0.25, 0.3) is 22.2 Å². The van der Waals surface area contributed by atoms with Crippen molar-refractivity contribution >= 4 is 22.7 Å². The second kappa shape index (κ2) is 8.49. The number of fused-ring (bicyclic) bond motifs is 1. The Bertz CT molecular complexity index is 1050. The second-order valence-electron chi connectivity index (χ2n) is 6.12. The second-order valence-corrected chi connectivity index (χ2v) is 6.12. The molecule has 0 atom stereocenters. The zero-order valence-corrected chi connectivity index (χ0v) is 16.3. The van der Waals surface area contributed by atoms with Crippen molar-refractivity contribution in [1.82, 2.24) is 4.57 Å². The number of rotatable bonds is 6. The highest BCUT2D eigenvalue weighted by Crippen LogP contribution is 2.36. The minimum Gasteiger partial charge on any atom is -0.494 e. The third-order valence-electron chi connectivity index (χ3n) is 4.43. The van der Waals surface area contributed by atoms with E-state index in [2.05, 4.69) is 16.0 Å². The van der Waals surface area contributed by atoms with Crippen LogP contribution in [0.15, 0.2) is 42.5 Å². The molecule has 0 aliphatic carbocycles. The third kappa shape index (κ3) is 3.65. The monoisotopic (exact) mass is 377 g/mol. The molecule has 1 heterocycles. The lowest BCUT2D eigenvalue weighted by Gasteiger charge is -2.11. The third-order valence-corrected chi connectivity index (χ3v) is 4.43. The maximum absolute atomic E-state index is 11.7. The summed E-state index contributed by atoms with van der Waals surface area (Å²) in [4.78, 5) is 11.7. The van der Waals surface area contributed by atoms with Crippen molar-refractivity contribution in [3.8, 4) is 23.1 Å². The van der Waals surface area contributed by atoms with Gasteiger partial charge < -0.3 is 14.0 Å². The molecule has 3 rings (SSSR count). The number of amides is 1. The number of hydrogen-bond donors (Lipinski definition) is 1. The fourth-order valence-electron chi connectivity index (χ4n) is 3.36. The summed E-state index contributed by atoms with van der Waals surface area (Å²) in [6.45, 7) is 7.31. The number of nitriles is 1. The van der Waals surface area contributed by atoms with Crippen molar-refractivity contribution in [2.24, 2.45) is 0 Å². The molecule has 28 heavy (non-hydrogen) atoms. The predicted octanol–water partition coefficient (Wildman–Crippen LogP) is 5.17. The number of aromatic nitrogens is 1. The van der Waals surface area contributed by atoms with E-state index in [9.17, 15) is 10.1 Å². The van der Waals surface area contributed by atoms with Crippen molar-refractivity contribution in [3.05, 3.63) is 48.0 Å². The number of carbonyl (C=O) groups is 1. The lowest BCUT2D eigenvalue weighted by atomic mass is 10.1. The van der Waals surface area contributed by atoms with Crippen LogP contribution in [0.2, 0.25) is 0 Å². The normalized spacial score (nSPS) is 10.5. The summed E-state index contributed by atoms with van der Waals surface area (Å²) < 4.78 is 12.7. The van der Waals surface area contributed by atoms with Gasteiger partial charge in [-0.25, -0.2) is 4.79 Å². The fourth-order valence-corrected chi connectivity index (χ4v) is 3.36. The van der Waals surface area contributed by atoms with Crippen molar-refractivity contribution in [2.75, 3.05) is 18.5 Å². The molecule has 0 radical (unpaired) electrons. The number of nitrogens with one attached hydrogen (secondary N) is 1. The molecule has 2 aromatic carbocycles. The molecule has 0 aliphatic heterocycles. The molecule has 0 bridgehead atoms. The average molecular weight is 377 g/mol. The molecule has 0 fully saturated rings. The van der Waals surface area contributed by atoms with Gasteiger partial charge >= 0.3 is 6.09 Å². The molecular formula is C22H23N3O3. The standard InChI is InChI=1S/C22H23N3O3/c1-4-25-20-13-17(27-5-2)10-11-18(20)19(14-23)21(25)15-8-7-9-16(12-15)24-22(26)28-6-3/h7-13H,4-6H2,1-3H3,(H,24,26). The van der Waals surface area contributed by atoms with Crippen LogP contribution in [0.3, 0.4) is 0 Å². The van der Waals surface area contributed by atoms with Crippen LogP contribution in [-0.4, -0.2) is 23.9 Å². The topological polar surface area (TPSA) is 76.3 Å². The Hall–Kier alpha value is -3.46. The lowest BCUT2D eigenvalue weighted by Crippen LogP contribution is -2.13. The van der Waals surface area contributed by atoms with E-state index in [1.807, 2.05) is 50.2 Å². The average Bonchev–Trinajstić information content (AvgIpc) is 3.01.